The van der Waals surface area contributed by atoms with Crippen LogP contribution in [-0.2, 0) is 16.0 Å². The predicted molar refractivity (Wildman–Crippen MR) is 72.1 cm³/mol. The molecule has 1 saturated heterocycles. The van der Waals surface area contributed by atoms with Crippen LogP contribution in [-0.4, -0.2) is 29.1 Å². The van der Waals surface area contributed by atoms with E-state index in [4.69, 9.17) is 5.11 Å². The minimum Gasteiger partial charge on any atom is -0.481 e. The number of aliphatic carboxylic acids is 1. The van der Waals surface area contributed by atoms with E-state index in [1.165, 1.54) is 0 Å². The van der Waals surface area contributed by atoms with Crippen molar-refractivity contribution in [3.8, 4) is 0 Å². The Morgan fingerprint density at radius 2 is 2.16 bits per heavy atom. The van der Waals surface area contributed by atoms with E-state index in [2.05, 4.69) is 10.6 Å². The molecule has 5 heteroatoms. The van der Waals surface area contributed by atoms with E-state index in [1.807, 2.05) is 6.92 Å². The molecule has 0 radical (unpaired) electrons. The van der Waals surface area contributed by atoms with Crippen molar-refractivity contribution in [3.63, 3.8) is 0 Å². The van der Waals surface area contributed by atoms with Crippen LogP contribution in [0.4, 0.5) is 5.69 Å². The maximum Gasteiger partial charge on any atom is 0.307 e. The highest BCUT2D eigenvalue weighted by atomic mass is 16.4. The summed E-state index contributed by atoms with van der Waals surface area (Å²) < 4.78 is 0. The fraction of sp³-hybridized carbons (Fsp3) is 0.429. The smallest absolute Gasteiger partial charge is 0.307 e. The number of rotatable bonds is 4. The standard InChI is InChI=1S/C14H18N2O3/c1-14(7-4-8-15-14)13(19)16-11-6-3-2-5-10(11)9-12(17)18/h2-3,5-6,15H,4,7-9H2,1H3,(H,16,19)(H,17,18). The highest BCUT2D eigenvalue weighted by molar-refractivity contribution is 5.99. The number of para-hydroxylation sites is 1. The lowest BCUT2D eigenvalue weighted by atomic mass is 9.98. The average Bonchev–Trinajstić information content (AvgIpc) is 2.79. The summed E-state index contributed by atoms with van der Waals surface area (Å²) in [5.74, 6) is -1.02. The number of carboxylic acid groups (broad SMARTS) is 1. The summed E-state index contributed by atoms with van der Waals surface area (Å²) >= 11 is 0. The molecular formula is C14H18N2O3. The van der Waals surface area contributed by atoms with Crippen molar-refractivity contribution in [1.29, 1.82) is 0 Å². The molecule has 1 aromatic carbocycles. The number of benzene rings is 1. The molecule has 1 amide bonds. The van der Waals surface area contributed by atoms with Gasteiger partial charge in [-0.3, -0.25) is 9.59 Å². The summed E-state index contributed by atoms with van der Waals surface area (Å²) in [4.78, 5) is 23.1. The van der Waals surface area contributed by atoms with E-state index in [-0.39, 0.29) is 12.3 Å². The van der Waals surface area contributed by atoms with Gasteiger partial charge in [0, 0.05) is 5.69 Å². The maximum absolute atomic E-state index is 12.3. The van der Waals surface area contributed by atoms with Crippen molar-refractivity contribution in [2.24, 2.45) is 0 Å². The summed E-state index contributed by atoms with van der Waals surface area (Å²) in [6, 6.07) is 7.00. The zero-order chi connectivity index (χ0) is 13.9. The van der Waals surface area contributed by atoms with E-state index < -0.39 is 11.5 Å². The van der Waals surface area contributed by atoms with Gasteiger partial charge in [-0.15, -0.1) is 0 Å². The molecule has 1 aliphatic heterocycles. The third-order valence-electron chi connectivity index (χ3n) is 3.48. The van der Waals surface area contributed by atoms with Crippen LogP contribution < -0.4 is 10.6 Å². The summed E-state index contributed by atoms with van der Waals surface area (Å²) in [5, 5.41) is 14.9. The Morgan fingerprint density at radius 1 is 1.42 bits per heavy atom. The van der Waals surface area contributed by atoms with Gasteiger partial charge in [0.15, 0.2) is 0 Å². The number of hydrogen-bond acceptors (Lipinski definition) is 3. The third kappa shape index (κ3) is 3.12. The van der Waals surface area contributed by atoms with Crippen LogP contribution >= 0.6 is 0 Å². The Balaban J connectivity index is 2.14. The second kappa shape index (κ2) is 5.40. The van der Waals surface area contributed by atoms with Crippen molar-refractivity contribution in [1.82, 2.24) is 5.32 Å². The molecular weight excluding hydrogens is 244 g/mol. The van der Waals surface area contributed by atoms with Gasteiger partial charge in [0.1, 0.15) is 0 Å². The Kier molecular flexibility index (Phi) is 3.85. The van der Waals surface area contributed by atoms with Crippen molar-refractivity contribution >= 4 is 17.6 Å². The van der Waals surface area contributed by atoms with E-state index in [9.17, 15) is 9.59 Å². The lowest BCUT2D eigenvalue weighted by Crippen LogP contribution is -2.48. The molecule has 0 bridgehead atoms. The Bertz CT molecular complexity index is 493. The molecule has 1 aromatic rings. The largest absolute Gasteiger partial charge is 0.481 e. The fourth-order valence-corrected chi connectivity index (χ4v) is 2.31. The number of nitrogens with one attached hydrogen (secondary N) is 2. The van der Waals surface area contributed by atoms with Gasteiger partial charge >= 0.3 is 5.97 Å². The van der Waals surface area contributed by atoms with Crippen LogP contribution in [0.2, 0.25) is 0 Å². The lowest BCUT2D eigenvalue weighted by molar-refractivity contribution is -0.136. The normalized spacial score (nSPS) is 22.2. The van der Waals surface area contributed by atoms with Crippen molar-refractivity contribution in [2.75, 3.05) is 11.9 Å². The first kappa shape index (κ1) is 13.5. The van der Waals surface area contributed by atoms with Crippen molar-refractivity contribution in [3.05, 3.63) is 29.8 Å². The summed E-state index contributed by atoms with van der Waals surface area (Å²) in [5.41, 5.74) is 0.630. The molecule has 3 N–H and O–H groups in total. The van der Waals surface area contributed by atoms with Gasteiger partial charge in [-0.2, -0.15) is 0 Å². The van der Waals surface area contributed by atoms with Crippen LogP contribution in [0.5, 0.6) is 0 Å². The summed E-state index contributed by atoms with van der Waals surface area (Å²) in [7, 11) is 0. The molecule has 5 nitrogen and oxygen atoms in total. The Morgan fingerprint density at radius 3 is 2.79 bits per heavy atom. The van der Waals surface area contributed by atoms with E-state index in [0.717, 1.165) is 19.4 Å². The first-order valence-corrected chi connectivity index (χ1v) is 6.37. The van der Waals surface area contributed by atoms with Crippen molar-refractivity contribution in [2.45, 2.75) is 31.7 Å². The highest BCUT2D eigenvalue weighted by Gasteiger charge is 2.36. The Hall–Kier alpha value is -1.88. The van der Waals surface area contributed by atoms with E-state index >= 15 is 0 Å². The molecule has 102 valence electrons. The fourth-order valence-electron chi connectivity index (χ4n) is 2.31. The predicted octanol–water partition coefficient (Wildman–Crippen LogP) is 1.39. The van der Waals surface area contributed by atoms with Gasteiger partial charge in [-0.25, -0.2) is 0 Å². The van der Waals surface area contributed by atoms with Crippen LogP contribution in [0.25, 0.3) is 0 Å². The number of hydrogen-bond donors (Lipinski definition) is 3. The SMILES string of the molecule is CC1(C(=O)Nc2ccccc2CC(=O)O)CCCN1. The molecule has 0 spiro atoms. The summed E-state index contributed by atoms with van der Waals surface area (Å²) in [6.07, 6.45) is 1.67. The number of anilines is 1. The quantitative estimate of drug-likeness (QED) is 0.766. The molecule has 19 heavy (non-hydrogen) atoms. The van der Waals surface area contributed by atoms with Gasteiger partial charge in [-0.1, -0.05) is 18.2 Å². The van der Waals surface area contributed by atoms with Gasteiger partial charge < -0.3 is 15.7 Å². The van der Waals surface area contributed by atoms with Crippen LogP contribution in [0.3, 0.4) is 0 Å². The third-order valence-corrected chi connectivity index (χ3v) is 3.48. The maximum atomic E-state index is 12.3. The molecule has 0 aromatic heterocycles. The molecule has 1 unspecified atom stereocenters. The van der Waals surface area contributed by atoms with Crippen LogP contribution in [0, 0.1) is 0 Å². The first-order valence-electron chi connectivity index (χ1n) is 6.37. The molecule has 1 fully saturated rings. The summed E-state index contributed by atoms with van der Waals surface area (Å²) in [6.45, 7) is 2.70. The number of carbonyl (C=O) groups is 2. The molecule has 0 saturated carbocycles. The second-order valence-corrected chi connectivity index (χ2v) is 5.04. The monoisotopic (exact) mass is 262 g/mol. The van der Waals surface area contributed by atoms with Gasteiger partial charge in [0.05, 0.1) is 12.0 Å². The Labute approximate surface area is 112 Å². The topological polar surface area (TPSA) is 78.4 Å². The zero-order valence-corrected chi connectivity index (χ0v) is 10.9. The molecule has 2 rings (SSSR count). The minimum absolute atomic E-state index is 0.0966. The number of carboxylic acids is 1. The van der Waals surface area contributed by atoms with Crippen molar-refractivity contribution < 1.29 is 14.7 Å². The van der Waals surface area contributed by atoms with E-state index in [1.54, 1.807) is 24.3 Å². The van der Waals surface area contributed by atoms with Gasteiger partial charge in [0.25, 0.3) is 0 Å². The second-order valence-electron chi connectivity index (χ2n) is 5.04. The van der Waals surface area contributed by atoms with Gasteiger partial charge in [-0.05, 0) is 37.9 Å². The lowest BCUT2D eigenvalue weighted by Gasteiger charge is -2.23. The average molecular weight is 262 g/mol. The molecule has 1 heterocycles. The minimum atomic E-state index is -0.910. The number of carbonyl (C=O) groups excluding carboxylic acids is 1. The van der Waals surface area contributed by atoms with E-state index in [0.29, 0.717) is 11.3 Å². The first-order chi connectivity index (χ1) is 9.01. The molecule has 0 aliphatic carbocycles. The number of amides is 1. The molecule has 1 aliphatic rings. The van der Waals surface area contributed by atoms with Gasteiger partial charge in [0.2, 0.25) is 5.91 Å². The van der Waals surface area contributed by atoms with Crippen LogP contribution in [0.15, 0.2) is 24.3 Å². The zero-order valence-electron chi connectivity index (χ0n) is 10.9. The van der Waals surface area contributed by atoms with Crippen LogP contribution in [0.1, 0.15) is 25.3 Å². The highest BCUT2D eigenvalue weighted by Crippen LogP contribution is 2.22. The molecule has 1 atom stereocenters.